The molecule has 0 amide bonds. The molecule has 3 aromatic heterocycles. The van der Waals surface area contributed by atoms with Crippen molar-refractivity contribution in [1.82, 2.24) is 19.4 Å². The van der Waals surface area contributed by atoms with E-state index in [9.17, 15) is 30.4 Å². The molecule has 0 saturated carbocycles. The number of benzene rings is 1. The molecule has 166 valence electrons. The van der Waals surface area contributed by atoms with Gasteiger partial charge < -0.3 is 0 Å². The Morgan fingerprint density at radius 1 is 0.969 bits per heavy atom. The summed E-state index contributed by atoms with van der Waals surface area (Å²) in [7, 11) is -3.89. The van der Waals surface area contributed by atoms with Crippen LogP contribution in [0.4, 0.5) is 22.0 Å². The molecule has 12 heteroatoms. The predicted octanol–water partition coefficient (Wildman–Crippen LogP) is 4.55. The van der Waals surface area contributed by atoms with Crippen molar-refractivity contribution in [3.05, 3.63) is 66.4 Å². The maximum atomic E-state index is 13.6. The molecule has 0 bridgehead atoms. The molecule has 0 atom stereocenters. The van der Waals surface area contributed by atoms with Crippen LogP contribution in [0, 0.1) is 11.6 Å². The standard InChI is InChI=1S/C20H13F5N4O2S/c1-2-32(30,31)16-5-12(11-3-13(21)6-14(22)4-11)8-26-19(16)15-9-29-10-27-17(20(23,24)25)7-18(29)28-15/h3-10H,2H2,1H3. The number of alkyl halides is 3. The van der Waals surface area contributed by atoms with E-state index in [0.717, 1.165) is 24.5 Å². The zero-order chi connectivity index (χ0) is 23.3. The van der Waals surface area contributed by atoms with Gasteiger partial charge in [-0.05, 0) is 23.8 Å². The SMILES string of the molecule is CCS(=O)(=O)c1cc(-c2cc(F)cc(F)c2)cnc1-c1cn2cnc(C(F)(F)F)cc2n1. The van der Waals surface area contributed by atoms with Crippen molar-refractivity contribution in [3.63, 3.8) is 0 Å². The van der Waals surface area contributed by atoms with Gasteiger partial charge in [0.15, 0.2) is 9.84 Å². The third kappa shape index (κ3) is 4.05. The van der Waals surface area contributed by atoms with Crippen LogP contribution >= 0.6 is 0 Å². The Labute approximate surface area is 178 Å². The monoisotopic (exact) mass is 468 g/mol. The Bertz CT molecular complexity index is 1430. The van der Waals surface area contributed by atoms with Crippen molar-refractivity contribution in [1.29, 1.82) is 0 Å². The molecule has 0 aliphatic rings. The zero-order valence-electron chi connectivity index (χ0n) is 16.2. The van der Waals surface area contributed by atoms with E-state index in [1.165, 1.54) is 29.8 Å². The first-order valence-corrected chi connectivity index (χ1v) is 10.7. The minimum absolute atomic E-state index is 0.00452. The van der Waals surface area contributed by atoms with Crippen molar-refractivity contribution >= 4 is 15.5 Å². The number of halogens is 5. The molecule has 0 N–H and O–H groups in total. The van der Waals surface area contributed by atoms with Gasteiger partial charge in [0.1, 0.15) is 40.7 Å². The molecule has 1 aromatic carbocycles. The van der Waals surface area contributed by atoms with Gasteiger partial charge in [-0.1, -0.05) is 6.92 Å². The fourth-order valence-electron chi connectivity index (χ4n) is 3.07. The predicted molar refractivity (Wildman–Crippen MR) is 104 cm³/mol. The largest absolute Gasteiger partial charge is 0.433 e. The number of pyridine rings is 1. The first-order valence-electron chi connectivity index (χ1n) is 9.09. The van der Waals surface area contributed by atoms with E-state index in [1.54, 1.807) is 0 Å². The average Bonchev–Trinajstić information content (AvgIpc) is 3.15. The van der Waals surface area contributed by atoms with Crippen LogP contribution in [-0.2, 0) is 16.0 Å². The third-order valence-corrected chi connectivity index (χ3v) is 6.39. The molecule has 0 unspecified atom stereocenters. The van der Waals surface area contributed by atoms with Gasteiger partial charge in [0.25, 0.3) is 0 Å². The van der Waals surface area contributed by atoms with Crippen molar-refractivity contribution in [2.75, 3.05) is 5.75 Å². The first-order chi connectivity index (χ1) is 15.0. The molecule has 4 rings (SSSR count). The minimum Gasteiger partial charge on any atom is -0.290 e. The summed E-state index contributed by atoms with van der Waals surface area (Å²) in [4.78, 5) is 11.3. The number of aromatic nitrogens is 4. The van der Waals surface area contributed by atoms with Crippen LogP contribution in [0.2, 0.25) is 0 Å². The van der Waals surface area contributed by atoms with Crippen molar-refractivity contribution in [3.8, 4) is 22.5 Å². The lowest BCUT2D eigenvalue weighted by Crippen LogP contribution is -2.08. The quantitative estimate of drug-likeness (QED) is 0.411. The van der Waals surface area contributed by atoms with Gasteiger partial charge in [-0.3, -0.25) is 9.38 Å². The third-order valence-electron chi connectivity index (χ3n) is 4.64. The highest BCUT2D eigenvalue weighted by molar-refractivity contribution is 7.91. The number of imidazole rings is 1. The number of fused-ring (bicyclic) bond motifs is 1. The van der Waals surface area contributed by atoms with Crippen molar-refractivity contribution < 1.29 is 30.4 Å². The Morgan fingerprint density at radius 2 is 1.66 bits per heavy atom. The fourth-order valence-corrected chi connectivity index (χ4v) is 4.14. The summed E-state index contributed by atoms with van der Waals surface area (Å²) in [6.07, 6.45) is -1.26. The minimum atomic E-state index is -4.68. The summed E-state index contributed by atoms with van der Waals surface area (Å²) in [5.41, 5.74) is -1.16. The topological polar surface area (TPSA) is 77.2 Å². The molecule has 0 fully saturated rings. The lowest BCUT2D eigenvalue weighted by atomic mass is 10.1. The van der Waals surface area contributed by atoms with E-state index in [2.05, 4.69) is 15.0 Å². The number of sulfone groups is 1. The molecular formula is C20H13F5N4O2S. The van der Waals surface area contributed by atoms with E-state index < -0.39 is 33.3 Å². The number of hydrogen-bond donors (Lipinski definition) is 0. The molecule has 32 heavy (non-hydrogen) atoms. The highest BCUT2D eigenvalue weighted by Gasteiger charge is 2.33. The van der Waals surface area contributed by atoms with Gasteiger partial charge in [-0.2, -0.15) is 13.2 Å². The molecule has 3 heterocycles. The van der Waals surface area contributed by atoms with Gasteiger partial charge in [-0.15, -0.1) is 0 Å². The van der Waals surface area contributed by atoms with Crippen molar-refractivity contribution in [2.45, 2.75) is 18.0 Å². The second-order valence-electron chi connectivity index (χ2n) is 6.80. The van der Waals surface area contributed by atoms with E-state index in [0.29, 0.717) is 6.07 Å². The molecule has 0 saturated heterocycles. The molecule has 4 aromatic rings. The van der Waals surface area contributed by atoms with Gasteiger partial charge in [-0.25, -0.2) is 27.2 Å². The summed E-state index contributed by atoms with van der Waals surface area (Å²) in [5.74, 6) is -2.01. The Kier molecular flexibility index (Phi) is 5.19. The highest BCUT2D eigenvalue weighted by atomic mass is 32.2. The maximum absolute atomic E-state index is 13.6. The molecular weight excluding hydrogens is 455 g/mol. The van der Waals surface area contributed by atoms with E-state index in [-0.39, 0.29) is 38.8 Å². The van der Waals surface area contributed by atoms with Crippen LogP contribution in [-0.4, -0.2) is 33.5 Å². The molecule has 6 nitrogen and oxygen atoms in total. The first kappa shape index (κ1) is 21.8. The summed E-state index contributed by atoms with van der Waals surface area (Å²) in [6.45, 7) is 1.40. The van der Waals surface area contributed by atoms with Gasteiger partial charge in [0.05, 0.1) is 10.6 Å². The molecule has 0 aliphatic carbocycles. The van der Waals surface area contributed by atoms with Crippen LogP contribution in [0.3, 0.4) is 0 Å². The number of hydrogen-bond acceptors (Lipinski definition) is 5. The van der Waals surface area contributed by atoms with Crippen LogP contribution in [0.15, 0.2) is 53.9 Å². The van der Waals surface area contributed by atoms with Gasteiger partial charge in [0, 0.05) is 30.1 Å². The summed E-state index contributed by atoms with van der Waals surface area (Å²) < 4.78 is 92.7. The second-order valence-corrected chi connectivity index (χ2v) is 9.04. The molecule has 0 radical (unpaired) electrons. The van der Waals surface area contributed by atoms with Crippen LogP contribution in [0.25, 0.3) is 28.2 Å². The number of rotatable bonds is 4. The Balaban J connectivity index is 1.90. The zero-order valence-corrected chi connectivity index (χ0v) is 17.0. The van der Waals surface area contributed by atoms with E-state index >= 15 is 0 Å². The van der Waals surface area contributed by atoms with Gasteiger partial charge in [0.2, 0.25) is 0 Å². The van der Waals surface area contributed by atoms with E-state index in [1.807, 2.05) is 0 Å². The van der Waals surface area contributed by atoms with Gasteiger partial charge >= 0.3 is 6.18 Å². The number of nitrogens with zero attached hydrogens (tertiary/aromatic N) is 4. The Hall–Kier alpha value is -3.41. The van der Waals surface area contributed by atoms with E-state index in [4.69, 9.17) is 0 Å². The lowest BCUT2D eigenvalue weighted by molar-refractivity contribution is -0.141. The smallest absolute Gasteiger partial charge is 0.290 e. The second kappa shape index (κ2) is 7.62. The van der Waals surface area contributed by atoms with Crippen molar-refractivity contribution in [2.24, 2.45) is 0 Å². The van der Waals surface area contributed by atoms with Crippen LogP contribution in [0.5, 0.6) is 0 Å². The fraction of sp³-hybridized carbons (Fsp3) is 0.150. The van der Waals surface area contributed by atoms with Crippen LogP contribution in [0.1, 0.15) is 12.6 Å². The van der Waals surface area contributed by atoms with Crippen LogP contribution < -0.4 is 0 Å². The maximum Gasteiger partial charge on any atom is 0.433 e. The summed E-state index contributed by atoms with van der Waals surface area (Å²) in [5, 5.41) is 0. The highest BCUT2D eigenvalue weighted by Crippen LogP contribution is 2.32. The lowest BCUT2D eigenvalue weighted by Gasteiger charge is -2.10. The average molecular weight is 468 g/mol. The normalized spacial score (nSPS) is 12.4. The molecule has 0 aliphatic heterocycles. The molecule has 0 spiro atoms. The Morgan fingerprint density at radius 3 is 2.28 bits per heavy atom. The summed E-state index contributed by atoms with van der Waals surface area (Å²) in [6, 6.07) is 4.66. The summed E-state index contributed by atoms with van der Waals surface area (Å²) >= 11 is 0.